The molecule has 0 atom stereocenters. The molecule has 1 saturated heterocycles. The molecule has 28 heavy (non-hydrogen) atoms. The largest absolute Gasteiger partial charge is 0.482 e. The highest BCUT2D eigenvalue weighted by molar-refractivity contribution is 8.04. The van der Waals surface area contributed by atoms with Crippen LogP contribution in [0, 0.1) is 0 Å². The molecule has 0 aliphatic carbocycles. The Morgan fingerprint density at radius 2 is 1.89 bits per heavy atom. The zero-order valence-corrected chi connectivity index (χ0v) is 16.5. The number of amides is 1. The van der Waals surface area contributed by atoms with Crippen LogP contribution in [-0.4, -0.2) is 60.6 Å². The van der Waals surface area contributed by atoms with Crippen LogP contribution < -0.4 is 4.74 Å². The SMILES string of the molecule is CCOC(=O)/C=C1\SCC(=O)N1CCOC(=O)COc1ccc(C(C)=O)cc1. The lowest BCUT2D eigenvalue weighted by atomic mass is 10.1. The number of hydrogen-bond donors (Lipinski definition) is 0. The summed E-state index contributed by atoms with van der Waals surface area (Å²) in [6, 6.07) is 6.40. The van der Waals surface area contributed by atoms with Crippen molar-refractivity contribution in [3.8, 4) is 5.75 Å². The van der Waals surface area contributed by atoms with Crippen molar-refractivity contribution in [2.24, 2.45) is 0 Å². The minimum Gasteiger partial charge on any atom is -0.482 e. The van der Waals surface area contributed by atoms with Gasteiger partial charge in [0.05, 0.1) is 30.0 Å². The highest BCUT2D eigenvalue weighted by Gasteiger charge is 2.27. The third kappa shape index (κ3) is 6.41. The van der Waals surface area contributed by atoms with E-state index < -0.39 is 11.9 Å². The summed E-state index contributed by atoms with van der Waals surface area (Å²) in [5, 5.41) is 0.473. The summed E-state index contributed by atoms with van der Waals surface area (Å²) < 4.78 is 15.2. The van der Waals surface area contributed by atoms with Gasteiger partial charge in [-0.25, -0.2) is 9.59 Å². The average Bonchev–Trinajstić information content (AvgIpc) is 3.00. The minimum atomic E-state index is -0.592. The normalized spacial score (nSPS) is 14.9. The van der Waals surface area contributed by atoms with E-state index in [0.717, 1.165) is 0 Å². The van der Waals surface area contributed by atoms with Crippen LogP contribution in [0.1, 0.15) is 24.2 Å². The molecule has 0 N–H and O–H groups in total. The van der Waals surface area contributed by atoms with Gasteiger partial charge in [-0.2, -0.15) is 0 Å². The maximum absolute atomic E-state index is 11.9. The summed E-state index contributed by atoms with van der Waals surface area (Å²) in [4.78, 5) is 47.8. The Bertz CT molecular complexity index is 773. The molecule has 9 heteroatoms. The molecule has 0 spiro atoms. The van der Waals surface area contributed by atoms with E-state index in [1.54, 1.807) is 31.2 Å². The molecule has 1 amide bonds. The summed E-state index contributed by atoms with van der Waals surface area (Å²) in [7, 11) is 0. The standard InChI is InChI=1S/C19H21NO7S/c1-3-25-18(23)10-17-20(16(22)12-28-17)8-9-26-19(24)11-27-15-6-4-14(5-7-15)13(2)21/h4-7,10H,3,8-9,11-12H2,1-2H3/b17-10-. The van der Waals surface area contributed by atoms with Gasteiger partial charge in [-0.15, -0.1) is 0 Å². The summed E-state index contributed by atoms with van der Waals surface area (Å²) in [6.07, 6.45) is 1.26. The third-order valence-electron chi connectivity index (χ3n) is 3.63. The first-order valence-electron chi connectivity index (χ1n) is 8.61. The van der Waals surface area contributed by atoms with Crippen molar-refractivity contribution in [1.29, 1.82) is 0 Å². The van der Waals surface area contributed by atoms with Crippen LogP contribution in [0.2, 0.25) is 0 Å². The molecular formula is C19H21NO7S. The fourth-order valence-electron chi connectivity index (χ4n) is 2.27. The molecule has 1 aromatic carbocycles. The van der Waals surface area contributed by atoms with Gasteiger partial charge in [-0.05, 0) is 38.1 Å². The maximum atomic E-state index is 11.9. The minimum absolute atomic E-state index is 0.0298. The van der Waals surface area contributed by atoms with Crippen molar-refractivity contribution >= 4 is 35.4 Å². The Kier molecular flexibility index (Phi) is 8.06. The molecule has 0 radical (unpaired) electrons. The van der Waals surface area contributed by atoms with Gasteiger partial charge in [-0.1, -0.05) is 11.8 Å². The molecule has 1 aliphatic heterocycles. The van der Waals surface area contributed by atoms with Crippen LogP contribution in [0.5, 0.6) is 5.75 Å². The number of esters is 2. The molecule has 0 aromatic heterocycles. The fraction of sp³-hybridized carbons (Fsp3) is 0.368. The smallest absolute Gasteiger partial charge is 0.344 e. The number of ether oxygens (including phenoxy) is 3. The Hall–Kier alpha value is -2.81. The number of ketones is 1. The summed E-state index contributed by atoms with van der Waals surface area (Å²) >= 11 is 1.23. The molecule has 150 valence electrons. The summed E-state index contributed by atoms with van der Waals surface area (Å²) in [6.45, 7) is 3.21. The quantitative estimate of drug-likeness (QED) is 0.347. The van der Waals surface area contributed by atoms with E-state index in [1.807, 2.05) is 0 Å². The van der Waals surface area contributed by atoms with E-state index >= 15 is 0 Å². The number of benzene rings is 1. The van der Waals surface area contributed by atoms with Crippen LogP contribution >= 0.6 is 11.8 Å². The van der Waals surface area contributed by atoms with Crippen molar-refractivity contribution in [3.05, 3.63) is 40.9 Å². The van der Waals surface area contributed by atoms with Crippen LogP contribution in [0.4, 0.5) is 0 Å². The molecular weight excluding hydrogens is 386 g/mol. The lowest BCUT2D eigenvalue weighted by Crippen LogP contribution is -2.30. The first-order chi connectivity index (χ1) is 13.4. The molecule has 1 heterocycles. The third-order valence-corrected chi connectivity index (χ3v) is 4.66. The highest BCUT2D eigenvalue weighted by atomic mass is 32.2. The fourth-order valence-corrected chi connectivity index (χ4v) is 3.23. The zero-order valence-electron chi connectivity index (χ0n) is 15.6. The van der Waals surface area contributed by atoms with Gasteiger partial charge in [0.15, 0.2) is 12.4 Å². The van der Waals surface area contributed by atoms with Gasteiger partial charge in [0, 0.05) is 5.56 Å². The number of carbonyl (C=O) groups is 4. The van der Waals surface area contributed by atoms with Crippen LogP contribution in [0.15, 0.2) is 35.4 Å². The Labute approximate surface area is 166 Å². The van der Waals surface area contributed by atoms with Crippen molar-refractivity contribution in [2.75, 3.05) is 32.1 Å². The second-order valence-corrected chi connectivity index (χ2v) is 6.65. The van der Waals surface area contributed by atoms with E-state index in [1.165, 1.54) is 29.7 Å². The van der Waals surface area contributed by atoms with Crippen molar-refractivity contribution in [3.63, 3.8) is 0 Å². The zero-order chi connectivity index (χ0) is 20.5. The number of hydrogen-bond acceptors (Lipinski definition) is 8. The number of carbonyl (C=O) groups excluding carboxylic acids is 4. The lowest BCUT2D eigenvalue weighted by molar-refractivity contribution is -0.147. The molecule has 1 aromatic rings. The Balaban J connectivity index is 1.76. The first-order valence-corrected chi connectivity index (χ1v) is 9.60. The molecule has 0 bridgehead atoms. The van der Waals surface area contributed by atoms with Crippen molar-refractivity contribution in [2.45, 2.75) is 13.8 Å². The van der Waals surface area contributed by atoms with Gasteiger partial charge in [0.25, 0.3) is 0 Å². The van der Waals surface area contributed by atoms with Gasteiger partial charge < -0.3 is 19.1 Å². The predicted octanol–water partition coefficient (Wildman–Crippen LogP) is 1.79. The van der Waals surface area contributed by atoms with E-state index in [4.69, 9.17) is 14.2 Å². The second-order valence-electron chi connectivity index (χ2n) is 5.66. The Morgan fingerprint density at radius 3 is 2.54 bits per heavy atom. The Morgan fingerprint density at radius 1 is 1.18 bits per heavy atom. The first kappa shape index (κ1) is 21.5. The van der Waals surface area contributed by atoms with Gasteiger partial charge in [0.1, 0.15) is 12.4 Å². The average molecular weight is 407 g/mol. The van der Waals surface area contributed by atoms with Crippen LogP contribution in [-0.2, 0) is 23.9 Å². The summed E-state index contributed by atoms with van der Waals surface area (Å²) in [5.41, 5.74) is 0.551. The van der Waals surface area contributed by atoms with E-state index in [2.05, 4.69) is 0 Å². The molecule has 1 aliphatic rings. The monoisotopic (exact) mass is 407 g/mol. The lowest BCUT2D eigenvalue weighted by Gasteiger charge is -2.16. The molecule has 0 saturated carbocycles. The molecule has 2 rings (SSSR count). The molecule has 8 nitrogen and oxygen atoms in total. The number of nitrogens with zero attached hydrogens (tertiary/aromatic N) is 1. The van der Waals surface area contributed by atoms with Gasteiger partial charge >= 0.3 is 11.9 Å². The second kappa shape index (κ2) is 10.5. The number of thioether (sulfide) groups is 1. The van der Waals surface area contributed by atoms with Crippen molar-refractivity contribution < 1.29 is 33.4 Å². The number of rotatable bonds is 9. The van der Waals surface area contributed by atoms with E-state index in [-0.39, 0.29) is 43.8 Å². The van der Waals surface area contributed by atoms with Gasteiger partial charge in [-0.3, -0.25) is 9.59 Å². The van der Waals surface area contributed by atoms with E-state index in [9.17, 15) is 19.2 Å². The topological polar surface area (TPSA) is 99.2 Å². The highest BCUT2D eigenvalue weighted by Crippen LogP contribution is 2.28. The van der Waals surface area contributed by atoms with Crippen LogP contribution in [0.3, 0.4) is 0 Å². The predicted molar refractivity (Wildman–Crippen MR) is 102 cm³/mol. The van der Waals surface area contributed by atoms with E-state index in [0.29, 0.717) is 16.3 Å². The summed E-state index contributed by atoms with van der Waals surface area (Å²) in [5.74, 6) is -0.682. The maximum Gasteiger partial charge on any atom is 0.344 e. The van der Waals surface area contributed by atoms with Crippen LogP contribution in [0.25, 0.3) is 0 Å². The molecule has 0 unspecified atom stereocenters. The van der Waals surface area contributed by atoms with Crippen molar-refractivity contribution in [1.82, 2.24) is 4.90 Å². The molecule has 1 fully saturated rings. The van der Waals surface area contributed by atoms with Gasteiger partial charge in [0.2, 0.25) is 5.91 Å². The number of Topliss-reactive ketones (excluding diaryl/α,β-unsaturated/α-hetero) is 1.